The molecule has 0 radical (unpaired) electrons. The molecule has 2 aromatic rings. The number of para-hydroxylation sites is 1. The van der Waals surface area contributed by atoms with Crippen LogP contribution in [-0.2, 0) is 12.0 Å². The summed E-state index contributed by atoms with van der Waals surface area (Å²) in [6.07, 6.45) is 0. The highest BCUT2D eigenvalue weighted by Gasteiger charge is 2.13. The second-order valence-corrected chi connectivity index (χ2v) is 6.43. The minimum Gasteiger partial charge on any atom is -0.369 e. The molecule has 21 heavy (non-hydrogen) atoms. The van der Waals surface area contributed by atoms with Gasteiger partial charge in [-0.2, -0.15) is 5.26 Å². The van der Waals surface area contributed by atoms with Crippen LogP contribution in [0.3, 0.4) is 0 Å². The molecule has 0 bridgehead atoms. The van der Waals surface area contributed by atoms with E-state index in [4.69, 9.17) is 0 Å². The number of rotatable bonds is 3. The van der Waals surface area contributed by atoms with E-state index in [2.05, 4.69) is 56.0 Å². The first kappa shape index (κ1) is 15.1. The molecule has 0 amide bonds. The van der Waals surface area contributed by atoms with Gasteiger partial charge in [0.1, 0.15) is 6.07 Å². The Hall–Kier alpha value is -2.27. The zero-order valence-electron chi connectivity index (χ0n) is 13.2. The number of nitrogens with zero attached hydrogens (tertiary/aromatic N) is 2. The molecule has 0 aliphatic rings. The average molecular weight is 278 g/mol. The van der Waals surface area contributed by atoms with Gasteiger partial charge in [-0.15, -0.1) is 0 Å². The van der Waals surface area contributed by atoms with E-state index in [1.807, 2.05) is 31.3 Å². The Morgan fingerprint density at radius 2 is 1.62 bits per heavy atom. The van der Waals surface area contributed by atoms with Gasteiger partial charge >= 0.3 is 0 Å². The highest BCUT2D eigenvalue weighted by Crippen LogP contribution is 2.24. The van der Waals surface area contributed by atoms with Crippen LogP contribution in [0.5, 0.6) is 0 Å². The molecular formula is C19H22N2. The van der Waals surface area contributed by atoms with Crippen LogP contribution in [0.2, 0.25) is 0 Å². The normalized spacial score (nSPS) is 11.0. The SMILES string of the molecule is CN(Cc1ccc(C(C)(C)C)cc1)c1ccccc1C#N. The second kappa shape index (κ2) is 6.01. The van der Waals surface area contributed by atoms with Crippen LogP contribution in [0.4, 0.5) is 5.69 Å². The molecule has 0 N–H and O–H groups in total. The molecule has 0 atom stereocenters. The number of nitriles is 1. The number of hydrogen-bond acceptors (Lipinski definition) is 2. The van der Waals surface area contributed by atoms with Crippen molar-refractivity contribution in [3.8, 4) is 6.07 Å². The Balaban J connectivity index is 2.17. The maximum atomic E-state index is 9.18. The molecule has 0 heterocycles. The highest BCUT2D eigenvalue weighted by molar-refractivity contribution is 5.58. The molecule has 108 valence electrons. The van der Waals surface area contributed by atoms with Crippen LogP contribution in [0.25, 0.3) is 0 Å². The van der Waals surface area contributed by atoms with E-state index in [1.165, 1.54) is 11.1 Å². The number of benzene rings is 2. The van der Waals surface area contributed by atoms with Gasteiger partial charge in [-0.3, -0.25) is 0 Å². The van der Waals surface area contributed by atoms with Crippen LogP contribution in [0.15, 0.2) is 48.5 Å². The molecule has 2 aromatic carbocycles. The zero-order valence-corrected chi connectivity index (χ0v) is 13.2. The molecule has 0 aromatic heterocycles. The van der Waals surface area contributed by atoms with Crippen molar-refractivity contribution in [1.82, 2.24) is 0 Å². The van der Waals surface area contributed by atoms with E-state index in [1.54, 1.807) is 0 Å². The molecule has 2 nitrogen and oxygen atoms in total. The van der Waals surface area contributed by atoms with Crippen LogP contribution in [-0.4, -0.2) is 7.05 Å². The van der Waals surface area contributed by atoms with Crippen molar-refractivity contribution in [3.63, 3.8) is 0 Å². The van der Waals surface area contributed by atoms with Crippen molar-refractivity contribution in [2.45, 2.75) is 32.7 Å². The Morgan fingerprint density at radius 3 is 2.19 bits per heavy atom. The van der Waals surface area contributed by atoms with Gasteiger partial charge in [-0.1, -0.05) is 57.2 Å². The maximum absolute atomic E-state index is 9.18. The summed E-state index contributed by atoms with van der Waals surface area (Å²) >= 11 is 0. The zero-order chi connectivity index (χ0) is 15.5. The molecule has 0 aliphatic carbocycles. The van der Waals surface area contributed by atoms with Crippen LogP contribution < -0.4 is 4.90 Å². The Morgan fingerprint density at radius 1 is 1.00 bits per heavy atom. The second-order valence-electron chi connectivity index (χ2n) is 6.43. The van der Waals surface area contributed by atoms with Gasteiger partial charge in [0.15, 0.2) is 0 Å². The summed E-state index contributed by atoms with van der Waals surface area (Å²) in [5.41, 5.74) is 4.45. The third kappa shape index (κ3) is 3.64. The summed E-state index contributed by atoms with van der Waals surface area (Å²) in [6, 6.07) is 18.7. The van der Waals surface area contributed by atoms with E-state index in [-0.39, 0.29) is 5.41 Å². The topological polar surface area (TPSA) is 27.0 Å². The summed E-state index contributed by atoms with van der Waals surface area (Å²) in [5.74, 6) is 0. The summed E-state index contributed by atoms with van der Waals surface area (Å²) in [5, 5.41) is 9.18. The minimum atomic E-state index is 0.178. The quantitative estimate of drug-likeness (QED) is 0.827. The predicted molar refractivity (Wildman–Crippen MR) is 88.4 cm³/mol. The lowest BCUT2D eigenvalue weighted by molar-refractivity contribution is 0.590. The molecule has 0 fully saturated rings. The van der Waals surface area contributed by atoms with Gasteiger partial charge in [-0.05, 0) is 28.7 Å². The van der Waals surface area contributed by atoms with E-state index < -0.39 is 0 Å². The maximum Gasteiger partial charge on any atom is 0.101 e. The third-order valence-corrected chi connectivity index (χ3v) is 3.68. The third-order valence-electron chi connectivity index (χ3n) is 3.68. The number of hydrogen-bond donors (Lipinski definition) is 0. The summed E-state index contributed by atoms with van der Waals surface area (Å²) in [7, 11) is 2.02. The van der Waals surface area contributed by atoms with Crippen molar-refractivity contribution in [1.29, 1.82) is 5.26 Å². The van der Waals surface area contributed by atoms with Crippen molar-refractivity contribution >= 4 is 5.69 Å². The lowest BCUT2D eigenvalue weighted by atomic mass is 9.87. The fourth-order valence-corrected chi connectivity index (χ4v) is 2.37. The van der Waals surface area contributed by atoms with Crippen LogP contribution in [0.1, 0.15) is 37.5 Å². The Kier molecular flexibility index (Phi) is 4.33. The van der Waals surface area contributed by atoms with E-state index in [9.17, 15) is 5.26 Å². The van der Waals surface area contributed by atoms with Crippen molar-refractivity contribution in [2.75, 3.05) is 11.9 Å². The molecule has 0 saturated carbocycles. The van der Waals surface area contributed by atoms with Crippen LogP contribution >= 0.6 is 0 Å². The molecule has 0 unspecified atom stereocenters. The largest absolute Gasteiger partial charge is 0.369 e. The molecule has 0 spiro atoms. The standard InChI is InChI=1S/C19H22N2/c1-19(2,3)17-11-9-15(10-12-17)14-21(4)18-8-6-5-7-16(18)13-20/h5-12H,14H2,1-4H3. The van der Waals surface area contributed by atoms with Gasteiger partial charge in [-0.25, -0.2) is 0 Å². The fourth-order valence-electron chi connectivity index (χ4n) is 2.37. The number of anilines is 1. The van der Waals surface area contributed by atoms with E-state index in [0.29, 0.717) is 5.56 Å². The van der Waals surface area contributed by atoms with Crippen molar-refractivity contribution in [3.05, 3.63) is 65.2 Å². The molecular weight excluding hydrogens is 256 g/mol. The highest BCUT2D eigenvalue weighted by atomic mass is 15.1. The van der Waals surface area contributed by atoms with Gasteiger partial charge in [0.25, 0.3) is 0 Å². The molecule has 2 heteroatoms. The molecule has 0 saturated heterocycles. The van der Waals surface area contributed by atoms with Gasteiger partial charge < -0.3 is 4.90 Å². The summed E-state index contributed by atoms with van der Waals surface area (Å²) in [4.78, 5) is 2.12. The Bertz CT molecular complexity index is 643. The Labute approximate surface area is 127 Å². The fraction of sp³-hybridized carbons (Fsp3) is 0.316. The van der Waals surface area contributed by atoms with E-state index >= 15 is 0 Å². The van der Waals surface area contributed by atoms with E-state index in [0.717, 1.165) is 12.2 Å². The lowest BCUT2D eigenvalue weighted by Gasteiger charge is -2.22. The first-order chi connectivity index (χ1) is 9.91. The lowest BCUT2D eigenvalue weighted by Crippen LogP contribution is -2.18. The predicted octanol–water partition coefficient (Wildman–Crippen LogP) is 4.49. The smallest absolute Gasteiger partial charge is 0.101 e. The van der Waals surface area contributed by atoms with Crippen LogP contribution in [0, 0.1) is 11.3 Å². The van der Waals surface area contributed by atoms with Gasteiger partial charge in [0.2, 0.25) is 0 Å². The minimum absolute atomic E-state index is 0.178. The van der Waals surface area contributed by atoms with Crippen molar-refractivity contribution < 1.29 is 0 Å². The van der Waals surface area contributed by atoms with Crippen molar-refractivity contribution in [2.24, 2.45) is 0 Å². The summed E-state index contributed by atoms with van der Waals surface area (Å²) < 4.78 is 0. The monoisotopic (exact) mass is 278 g/mol. The molecule has 2 rings (SSSR count). The van der Waals surface area contributed by atoms with Gasteiger partial charge in [0.05, 0.1) is 11.3 Å². The first-order valence-corrected chi connectivity index (χ1v) is 7.21. The molecule has 0 aliphatic heterocycles. The van der Waals surface area contributed by atoms with Gasteiger partial charge in [0, 0.05) is 13.6 Å². The average Bonchev–Trinajstić information content (AvgIpc) is 2.46. The first-order valence-electron chi connectivity index (χ1n) is 7.21. The summed E-state index contributed by atoms with van der Waals surface area (Å²) in [6.45, 7) is 7.45.